The molecule has 2 heterocycles. The fraction of sp³-hybridized carbons (Fsp3) is 0.389. The third-order valence-electron chi connectivity index (χ3n) is 4.48. The van der Waals surface area contributed by atoms with Gasteiger partial charge in [-0.15, -0.1) is 0 Å². The van der Waals surface area contributed by atoms with Gasteiger partial charge in [-0.05, 0) is 37.0 Å². The molecule has 1 aromatic carbocycles. The molecule has 1 saturated heterocycles. The summed E-state index contributed by atoms with van der Waals surface area (Å²) < 4.78 is 13.9. The number of benzene rings is 1. The topological polar surface area (TPSA) is 48.4 Å². The van der Waals surface area contributed by atoms with Crippen molar-refractivity contribution in [2.24, 2.45) is 5.92 Å². The van der Waals surface area contributed by atoms with Crippen molar-refractivity contribution in [3.8, 4) is 0 Å². The molecule has 1 aliphatic rings. The Morgan fingerprint density at radius 1 is 1.25 bits per heavy atom. The summed E-state index contributed by atoms with van der Waals surface area (Å²) in [6, 6.07) is 8.88. The predicted octanol–water partition coefficient (Wildman–Crippen LogP) is 3.69. The molecule has 0 amide bonds. The van der Waals surface area contributed by atoms with E-state index in [0.717, 1.165) is 31.6 Å². The zero-order valence-corrected chi connectivity index (χ0v) is 14.1. The molecule has 24 heavy (non-hydrogen) atoms. The molecule has 0 bridgehead atoms. The van der Waals surface area contributed by atoms with Gasteiger partial charge in [-0.3, -0.25) is 0 Å². The third kappa shape index (κ3) is 3.97. The van der Waals surface area contributed by atoms with Crippen LogP contribution in [0.1, 0.15) is 18.4 Å². The standard InChI is InChI=1S/C18H21ClFN3O/c19-16-3-1-2-14(18(16)20)10-21-17-5-4-15(11-22-17)23-8-6-13(12-24)7-9-23/h1-5,11,13,24H,6-10,12H2,(H,21,22). The monoisotopic (exact) mass is 349 g/mol. The number of anilines is 2. The van der Waals surface area contributed by atoms with Crippen molar-refractivity contribution in [1.82, 2.24) is 4.98 Å². The van der Waals surface area contributed by atoms with Crippen LogP contribution in [0, 0.1) is 11.7 Å². The van der Waals surface area contributed by atoms with E-state index in [1.165, 1.54) is 6.07 Å². The van der Waals surface area contributed by atoms with Gasteiger partial charge in [-0.1, -0.05) is 23.7 Å². The van der Waals surface area contributed by atoms with Gasteiger partial charge in [0.15, 0.2) is 0 Å². The second-order valence-corrected chi connectivity index (χ2v) is 6.49. The lowest BCUT2D eigenvalue weighted by molar-refractivity contribution is 0.203. The lowest BCUT2D eigenvalue weighted by Crippen LogP contribution is -2.34. The average molecular weight is 350 g/mol. The van der Waals surface area contributed by atoms with Gasteiger partial charge >= 0.3 is 0 Å². The molecule has 0 radical (unpaired) electrons. The first-order valence-corrected chi connectivity index (χ1v) is 8.54. The van der Waals surface area contributed by atoms with E-state index in [4.69, 9.17) is 11.6 Å². The number of halogens is 2. The quantitative estimate of drug-likeness (QED) is 0.864. The molecular weight excluding hydrogens is 329 g/mol. The highest BCUT2D eigenvalue weighted by atomic mass is 35.5. The number of aliphatic hydroxyl groups is 1. The number of pyridine rings is 1. The Bertz CT molecular complexity index is 672. The number of hydrogen-bond donors (Lipinski definition) is 2. The summed E-state index contributed by atoms with van der Waals surface area (Å²) in [5.41, 5.74) is 1.59. The van der Waals surface area contributed by atoms with Crippen LogP contribution in [0.4, 0.5) is 15.9 Å². The molecule has 0 atom stereocenters. The lowest BCUT2D eigenvalue weighted by atomic mass is 9.98. The number of aromatic nitrogens is 1. The summed E-state index contributed by atoms with van der Waals surface area (Å²) in [4.78, 5) is 6.68. The van der Waals surface area contributed by atoms with E-state index in [9.17, 15) is 9.50 Å². The molecule has 0 aliphatic carbocycles. The van der Waals surface area contributed by atoms with Gasteiger partial charge in [0, 0.05) is 31.8 Å². The maximum Gasteiger partial charge on any atom is 0.146 e. The number of hydrogen-bond acceptors (Lipinski definition) is 4. The van der Waals surface area contributed by atoms with E-state index < -0.39 is 5.82 Å². The second-order valence-electron chi connectivity index (χ2n) is 6.08. The van der Waals surface area contributed by atoms with E-state index >= 15 is 0 Å². The van der Waals surface area contributed by atoms with Crippen LogP contribution < -0.4 is 10.2 Å². The summed E-state index contributed by atoms with van der Waals surface area (Å²) in [5, 5.41) is 12.4. The van der Waals surface area contributed by atoms with Crippen LogP contribution >= 0.6 is 11.6 Å². The zero-order valence-electron chi connectivity index (χ0n) is 13.4. The molecule has 2 N–H and O–H groups in total. The van der Waals surface area contributed by atoms with Crippen molar-refractivity contribution in [3.05, 3.63) is 52.9 Å². The second kappa shape index (κ2) is 7.81. The van der Waals surface area contributed by atoms with Crippen molar-refractivity contribution >= 4 is 23.1 Å². The number of nitrogens with one attached hydrogen (secondary N) is 1. The van der Waals surface area contributed by atoms with Gasteiger partial charge in [0.1, 0.15) is 11.6 Å². The van der Waals surface area contributed by atoms with Crippen LogP contribution in [0.15, 0.2) is 36.5 Å². The van der Waals surface area contributed by atoms with E-state index in [-0.39, 0.29) is 11.6 Å². The highest BCUT2D eigenvalue weighted by Gasteiger charge is 2.18. The average Bonchev–Trinajstić information content (AvgIpc) is 2.63. The Hall–Kier alpha value is -1.85. The summed E-state index contributed by atoms with van der Waals surface area (Å²) in [5.74, 6) is 0.723. The summed E-state index contributed by atoms with van der Waals surface area (Å²) in [6.45, 7) is 2.48. The minimum Gasteiger partial charge on any atom is -0.396 e. The number of aliphatic hydroxyl groups excluding tert-OH is 1. The van der Waals surface area contributed by atoms with Gasteiger partial charge < -0.3 is 15.3 Å². The number of rotatable bonds is 5. The number of nitrogens with zero attached hydrogens (tertiary/aromatic N) is 2. The zero-order chi connectivity index (χ0) is 16.9. The normalized spacial score (nSPS) is 15.5. The van der Waals surface area contributed by atoms with Gasteiger partial charge in [-0.2, -0.15) is 0 Å². The van der Waals surface area contributed by atoms with Crippen LogP contribution in [0.3, 0.4) is 0 Å². The largest absolute Gasteiger partial charge is 0.396 e. The maximum atomic E-state index is 13.9. The summed E-state index contributed by atoms with van der Waals surface area (Å²) in [6.07, 6.45) is 3.84. The van der Waals surface area contributed by atoms with Crippen molar-refractivity contribution in [2.75, 3.05) is 29.9 Å². The van der Waals surface area contributed by atoms with Gasteiger partial charge in [0.05, 0.1) is 16.9 Å². The maximum absolute atomic E-state index is 13.9. The van der Waals surface area contributed by atoms with Crippen LogP contribution in [0.5, 0.6) is 0 Å². The van der Waals surface area contributed by atoms with Crippen LogP contribution in [0.2, 0.25) is 5.02 Å². The lowest BCUT2D eigenvalue weighted by Gasteiger charge is -2.32. The molecule has 2 aromatic rings. The van der Waals surface area contributed by atoms with Crippen molar-refractivity contribution < 1.29 is 9.50 Å². The first-order chi connectivity index (χ1) is 11.7. The first kappa shape index (κ1) is 17.0. The molecule has 6 heteroatoms. The fourth-order valence-corrected chi connectivity index (χ4v) is 3.12. The van der Waals surface area contributed by atoms with E-state index in [0.29, 0.717) is 23.8 Å². The predicted molar refractivity (Wildman–Crippen MR) is 95.0 cm³/mol. The van der Waals surface area contributed by atoms with Crippen molar-refractivity contribution in [2.45, 2.75) is 19.4 Å². The van der Waals surface area contributed by atoms with Crippen LogP contribution in [-0.4, -0.2) is 29.8 Å². The van der Waals surface area contributed by atoms with Crippen LogP contribution in [-0.2, 0) is 6.54 Å². The van der Waals surface area contributed by atoms with Gasteiger partial charge in [0.2, 0.25) is 0 Å². The molecular formula is C18H21ClFN3O. The Balaban J connectivity index is 1.58. The highest BCUT2D eigenvalue weighted by Crippen LogP contribution is 2.23. The van der Waals surface area contributed by atoms with E-state index in [1.807, 2.05) is 18.3 Å². The Morgan fingerprint density at radius 3 is 2.71 bits per heavy atom. The third-order valence-corrected chi connectivity index (χ3v) is 4.77. The molecule has 128 valence electrons. The Morgan fingerprint density at radius 2 is 2.04 bits per heavy atom. The molecule has 4 nitrogen and oxygen atoms in total. The summed E-state index contributed by atoms with van der Waals surface area (Å²) in [7, 11) is 0. The molecule has 1 aliphatic heterocycles. The Kier molecular flexibility index (Phi) is 5.53. The molecule has 3 rings (SSSR count). The SMILES string of the molecule is OCC1CCN(c2ccc(NCc3cccc(Cl)c3F)nc2)CC1. The minimum atomic E-state index is -0.393. The van der Waals surface area contributed by atoms with Crippen molar-refractivity contribution in [3.63, 3.8) is 0 Å². The molecule has 0 spiro atoms. The molecule has 0 saturated carbocycles. The number of piperidine rings is 1. The summed E-state index contributed by atoms with van der Waals surface area (Å²) >= 11 is 5.78. The van der Waals surface area contributed by atoms with E-state index in [1.54, 1.807) is 12.1 Å². The van der Waals surface area contributed by atoms with Crippen LogP contribution in [0.25, 0.3) is 0 Å². The van der Waals surface area contributed by atoms with E-state index in [2.05, 4.69) is 15.2 Å². The first-order valence-electron chi connectivity index (χ1n) is 8.16. The molecule has 1 aromatic heterocycles. The molecule has 1 fully saturated rings. The van der Waals surface area contributed by atoms with Gasteiger partial charge in [-0.25, -0.2) is 9.37 Å². The van der Waals surface area contributed by atoms with Crippen molar-refractivity contribution in [1.29, 1.82) is 0 Å². The smallest absolute Gasteiger partial charge is 0.146 e. The van der Waals surface area contributed by atoms with Gasteiger partial charge in [0.25, 0.3) is 0 Å². The Labute approximate surface area is 146 Å². The minimum absolute atomic E-state index is 0.129. The highest BCUT2D eigenvalue weighted by molar-refractivity contribution is 6.30. The molecule has 0 unspecified atom stereocenters. The fourth-order valence-electron chi connectivity index (χ4n) is 2.92.